The Kier molecular flexibility index (Phi) is 16.4. The van der Waals surface area contributed by atoms with E-state index in [2.05, 4.69) is 25.9 Å². The molecular weight excluding hydrogens is 274 g/mol. The summed E-state index contributed by atoms with van der Waals surface area (Å²) in [7, 11) is 4.12. The Morgan fingerprint density at radius 3 is 1.86 bits per heavy atom. The lowest BCUT2D eigenvalue weighted by Gasteiger charge is -2.08. The monoisotopic (exact) mass is 313 g/mol. The first-order chi connectivity index (χ1) is 10.7. The van der Waals surface area contributed by atoms with Crippen LogP contribution in [0.5, 0.6) is 0 Å². The normalized spacial score (nSPS) is 11.1. The van der Waals surface area contributed by atoms with Gasteiger partial charge in [0.15, 0.2) is 0 Å². The number of hydrogen-bond acceptors (Lipinski definition) is 3. The molecule has 0 amide bonds. The molecule has 3 heteroatoms. The highest BCUT2D eigenvalue weighted by molar-refractivity contribution is 5.69. The van der Waals surface area contributed by atoms with Gasteiger partial charge in [-0.25, -0.2) is 0 Å². The van der Waals surface area contributed by atoms with E-state index in [0.717, 1.165) is 25.8 Å². The number of nitrogens with zero attached hydrogens (tertiary/aromatic N) is 1. The van der Waals surface area contributed by atoms with Crippen LogP contribution < -0.4 is 0 Å². The number of carbonyl (C=O) groups is 1. The maximum Gasteiger partial charge on any atom is 0.305 e. The zero-order valence-corrected chi connectivity index (χ0v) is 15.4. The summed E-state index contributed by atoms with van der Waals surface area (Å²) >= 11 is 0. The van der Waals surface area contributed by atoms with Gasteiger partial charge in [-0.2, -0.15) is 0 Å². The molecule has 3 nitrogen and oxygen atoms in total. The van der Waals surface area contributed by atoms with Crippen LogP contribution in [-0.2, 0) is 9.53 Å². The van der Waals surface area contributed by atoms with Crippen LogP contribution >= 0.6 is 0 Å². The van der Waals surface area contributed by atoms with Crippen molar-refractivity contribution in [2.24, 2.45) is 0 Å². The molecule has 0 saturated carbocycles. The van der Waals surface area contributed by atoms with Gasteiger partial charge in [0, 0.05) is 6.42 Å². The number of rotatable bonds is 16. The van der Waals surface area contributed by atoms with Crippen LogP contribution in [0.3, 0.4) is 0 Å². The molecule has 0 unspecified atom stereocenters. The van der Waals surface area contributed by atoms with E-state index in [1.165, 1.54) is 57.8 Å². The highest BCUT2D eigenvalue weighted by Gasteiger charge is 2.02. The Hall–Kier alpha value is -0.570. The zero-order chi connectivity index (χ0) is 16.5. The summed E-state index contributed by atoms with van der Waals surface area (Å²) in [5.74, 6) is -0.0188. The molecular formula is C19H39NO2. The van der Waals surface area contributed by atoms with Crippen LogP contribution in [0.2, 0.25) is 0 Å². The Morgan fingerprint density at radius 2 is 1.32 bits per heavy atom. The predicted molar refractivity (Wildman–Crippen MR) is 95.2 cm³/mol. The van der Waals surface area contributed by atoms with Crippen molar-refractivity contribution in [3.8, 4) is 0 Å². The van der Waals surface area contributed by atoms with Gasteiger partial charge in [-0.05, 0) is 39.9 Å². The van der Waals surface area contributed by atoms with Gasteiger partial charge in [-0.15, -0.1) is 0 Å². The third-order valence-electron chi connectivity index (χ3n) is 4.00. The van der Waals surface area contributed by atoms with Crippen molar-refractivity contribution in [2.75, 3.05) is 27.2 Å². The van der Waals surface area contributed by atoms with E-state index in [1.54, 1.807) is 0 Å². The van der Waals surface area contributed by atoms with Gasteiger partial charge in [-0.1, -0.05) is 64.7 Å². The second-order valence-electron chi connectivity index (χ2n) is 6.66. The lowest BCUT2D eigenvalue weighted by atomic mass is 10.1. The van der Waals surface area contributed by atoms with Gasteiger partial charge in [0.05, 0.1) is 6.61 Å². The Morgan fingerprint density at radius 1 is 0.773 bits per heavy atom. The Labute approximate surface area is 138 Å². The Bertz CT molecular complexity index is 242. The highest BCUT2D eigenvalue weighted by Crippen LogP contribution is 2.10. The van der Waals surface area contributed by atoms with Crippen LogP contribution in [0.15, 0.2) is 0 Å². The SMILES string of the molecule is CCCCCCCCCCCCOC(=O)CCCCN(C)C. The summed E-state index contributed by atoms with van der Waals surface area (Å²) in [5.41, 5.74) is 0. The molecule has 0 fully saturated rings. The summed E-state index contributed by atoms with van der Waals surface area (Å²) in [5, 5.41) is 0. The smallest absolute Gasteiger partial charge is 0.305 e. The summed E-state index contributed by atoms with van der Waals surface area (Å²) in [6, 6.07) is 0. The van der Waals surface area contributed by atoms with Crippen LogP contribution in [-0.4, -0.2) is 38.1 Å². The van der Waals surface area contributed by atoms with Crippen LogP contribution in [0.1, 0.15) is 90.4 Å². The van der Waals surface area contributed by atoms with Gasteiger partial charge < -0.3 is 9.64 Å². The van der Waals surface area contributed by atoms with Crippen molar-refractivity contribution in [3.63, 3.8) is 0 Å². The number of carbonyl (C=O) groups excluding carboxylic acids is 1. The number of unbranched alkanes of at least 4 members (excludes halogenated alkanes) is 10. The quantitative estimate of drug-likeness (QED) is 0.290. The molecule has 0 aromatic rings. The molecule has 0 aliphatic carbocycles. The Balaban J connectivity index is 3.14. The van der Waals surface area contributed by atoms with Crippen molar-refractivity contribution >= 4 is 5.97 Å². The first-order valence-electron chi connectivity index (χ1n) is 9.47. The topological polar surface area (TPSA) is 29.5 Å². The number of hydrogen-bond donors (Lipinski definition) is 0. The van der Waals surface area contributed by atoms with Crippen molar-refractivity contribution in [1.29, 1.82) is 0 Å². The van der Waals surface area contributed by atoms with E-state index in [4.69, 9.17) is 4.74 Å². The third kappa shape index (κ3) is 17.5. The molecule has 0 radical (unpaired) electrons. The second-order valence-corrected chi connectivity index (χ2v) is 6.66. The van der Waals surface area contributed by atoms with E-state index in [9.17, 15) is 4.79 Å². The molecule has 0 saturated heterocycles. The minimum atomic E-state index is -0.0188. The molecule has 0 rings (SSSR count). The van der Waals surface area contributed by atoms with E-state index in [1.807, 2.05) is 0 Å². The summed E-state index contributed by atoms with van der Waals surface area (Å²) < 4.78 is 5.27. The maximum atomic E-state index is 11.5. The van der Waals surface area contributed by atoms with E-state index >= 15 is 0 Å². The fourth-order valence-corrected chi connectivity index (χ4v) is 2.55. The van der Waals surface area contributed by atoms with Crippen LogP contribution in [0.25, 0.3) is 0 Å². The highest BCUT2D eigenvalue weighted by atomic mass is 16.5. The van der Waals surface area contributed by atoms with Gasteiger partial charge in [0.1, 0.15) is 0 Å². The first kappa shape index (κ1) is 21.4. The second kappa shape index (κ2) is 16.8. The lowest BCUT2D eigenvalue weighted by molar-refractivity contribution is -0.143. The maximum absolute atomic E-state index is 11.5. The van der Waals surface area contributed by atoms with E-state index in [0.29, 0.717) is 13.0 Å². The van der Waals surface area contributed by atoms with Crippen LogP contribution in [0, 0.1) is 0 Å². The summed E-state index contributed by atoms with van der Waals surface area (Å²) in [6.45, 7) is 3.92. The van der Waals surface area contributed by atoms with Crippen LogP contribution in [0.4, 0.5) is 0 Å². The van der Waals surface area contributed by atoms with Crippen molar-refractivity contribution < 1.29 is 9.53 Å². The number of ether oxygens (including phenoxy) is 1. The average molecular weight is 314 g/mol. The van der Waals surface area contributed by atoms with Gasteiger partial charge >= 0.3 is 5.97 Å². The molecule has 0 heterocycles. The molecule has 0 spiro atoms. The van der Waals surface area contributed by atoms with Crippen molar-refractivity contribution in [2.45, 2.75) is 90.4 Å². The van der Waals surface area contributed by atoms with E-state index < -0.39 is 0 Å². The fraction of sp³-hybridized carbons (Fsp3) is 0.947. The molecule has 0 aromatic carbocycles. The third-order valence-corrected chi connectivity index (χ3v) is 4.00. The van der Waals surface area contributed by atoms with E-state index in [-0.39, 0.29) is 5.97 Å². The number of esters is 1. The molecule has 22 heavy (non-hydrogen) atoms. The molecule has 0 atom stereocenters. The fourth-order valence-electron chi connectivity index (χ4n) is 2.55. The standard InChI is InChI=1S/C19H39NO2/c1-4-5-6-7-8-9-10-11-12-15-18-22-19(21)16-13-14-17-20(2)3/h4-18H2,1-3H3. The van der Waals surface area contributed by atoms with Gasteiger partial charge in [0.25, 0.3) is 0 Å². The largest absolute Gasteiger partial charge is 0.466 e. The zero-order valence-electron chi connectivity index (χ0n) is 15.4. The molecule has 0 aliphatic rings. The van der Waals surface area contributed by atoms with Crippen molar-refractivity contribution in [1.82, 2.24) is 4.90 Å². The molecule has 0 bridgehead atoms. The molecule has 0 aromatic heterocycles. The minimum absolute atomic E-state index is 0.0188. The first-order valence-corrected chi connectivity index (χ1v) is 9.47. The van der Waals surface area contributed by atoms with Gasteiger partial charge in [-0.3, -0.25) is 4.79 Å². The molecule has 0 aliphatic heterocycles. The molecule has 132 valence electrons. The summed E-state index contributed by atoms with van der Waals surface area (Å²) in [6.07, 6.45) is 15.7. The van der Waals surface area contributed by atoms with Gasteiger partial charge in [0.2, 0.25) is 0 Å². The lowest BCUT2D eigenvalue weighted by Crippen LogP contribution is -2.13. The minimum Gasteiger partial charge on any atom is -0.466 e. The average Bonchev–Trinajstić information content (AvgIpc) is 2.49. The molecule has 0 N–H and O–H groups in total. The summed E-state index contributed by atoms with van der Waals surface area (Å²) in [4.78, 5) is 13.7. The predicted octanol–water partition coefficient (Wildman–Crippen LogP) is 5.18. The van der Waals surface area contributed by atoms with Crippen molar-refractivity contribution in [3.05, 3.63) is 0 Å².